The number of rotatable bonds is 6. The fourth-order valence-corrected chi connectivity index (χ4v) is 2.80. The molecule has 1 fully saturated rings. The van der Waals surface area contributed by atoms with Crippen LogP contribution in [-0.2, 0) is 4.79 Å². The Morgan fingerprint density at radius 2 is 2.08 bits per heavy atom. The lowest BCUT2D eigenvalue weighted by Crippen LogP contribution is -2.10. The zero-order chi connectivity index (χ0) is 9.52. The fraction of sp³-hybridized carbons (Fsp3) is 0.900. The number of aliphatic hydroxyl groups excluding tert-OH is 1. The van der Waals surface area contributed by atoms with Crippen LogP contribution in [0.2, 0.25) is 0 Å². The van der Waals surface area contributed by atoms with Crippen LogP contribution in [0.5, 0.6) is 0 Å². The van der Waals surface area contributed by atoms with E-state index in [0.29, 0.717) is 18.3 Å². The minimum atomic E-state index is 0.304. The maximum absolute atomic E-state index is 11.2. The number of ketones is 1. The summed E-state index contributed by atoms with van der Waals surface area (Å²) in [6, 6.07) is 0. The first-order valence-corrected chi connectivity index (χ1v) is 6.21. The van der Waals surface area contributed by atoms with Gasteiger partial charge in [-0.2, -0.15) is 11.8 Å². The average molecular weight is 202 g/mol. The highest BCUT2D eigenvalue weighted by Crippen LogP contribution is 2.24. The van der Waals surface area contributed by atoms with Crippen molar-refractivity contribution in [1.29, 1.82) is 0 Å². The lowest BCUT2D eigenvalue weighted by molar-refractivity contribution is -0.119. The summed E-state index contributed by atoms with van der Waals surface area (Å²) in [4.78, 5) is 11.2. The zero-order valence-electron chi connectivity index (χ0n) is 8.00. The minimum absolute atomic E-state index is 0.304. The van der Waals surface area contributed by atoms with Gasteiger partial charge in [-0.3, -0.25) is 4.79 Å². The maximum Gasteiger partial charge on any atom is 0.146 e. The van der Waals surface area contributed by atoms with E-state index in [1.165, 1.54) is 0 Å². The van der Waals surface area contributed by atoms with Gasteiger partial charge < -0.3 is 5.11 Å². The molecule has 0 aromatic heterocycles. The van der Waals surface area contributed by atoms with E-state index in [1.807, 2.05) is 0 Å². The standard InChI is InChI=1S/C10H18O2S/c11-6-4-2-1-3-5-9-7-13-8-10(9)12/h9,11H,1-8H2. The molecule has 76 valence electrons. The Morgan fingerprint density at radius 3 is 2.69 bits per heavy atom. The molecule has 1 unspecified atom stereocenters. The van der Waals surface area contributed by atoms with Crippen LogP contribution in [0.15, 0.2) is 0 Å². The lowest BCUT2D eigenvalue weighted by atomic mass is 9.99. The van der Waals surface area contributed by atoms with E-state index in [4.69, 9.17) is 5.11 Å². The number of aliphatic hydroxyl groups is 1. The van der Waals surface area contributed by atoms with E-state index in [9.17, 15) is 4.79 Å². The van der Waals surface area contributed by atoms with E-state index < -0.39 is 0 Å². The quantitative estimate of drug-likeness (QED) is 0.668. The Labute approximate surface area is 84.1 Å². The van der Waals surface area contributed by atoms with Crippen LogP contribution < -0.4 is 0 Å². The van der Waals surface area contributed by atoms with Crippen LogP contribution in [0.3, 0.4) is 0 Å². The highest BCUT2D eigenvalue weighted by Gasteiger charge is 2.23. The number of carbonyl (C=O) groups is 1. The summed E-state index contributed by atoms with van der Waals surface area (Å²) >= 11 is 1.77. The Hall–Kier alpha value is -0.0200. The number of Topliss-reactive ketones (excluding diaryl/α,β-unsaturated/α-hetero) is 1. The van der Waals surface area contributed by atoms with Crippen molar-refractivity contribution in [1.82, 2.24) is 0 Å². The number of thioether (sulfide) groups is 1. The van der Waals surface area contributed by atoms with Crippen LogP contribution in [0.25, 0.3) is 0 Å². The molecule has 1 N–H and O–H groups in total. The summed E-state index contributed by atoms with van der Waals surface area (Å²) in [6.07, 6.45) is 5.39. The van der Waals surface area contributed by atoms with E-state index in [2.05, 4.69) is 0 Å². The van der Waals surface area contributed by atoms with Crippen LogP contribution in [0.4, 0.5) is 0 Å². The largest absolute Gasteiger partial charge is 0.396 e. The Bertz CT molecular complexity index is 159. The summed E-state index contributed by atoms with van der Waals surface area (Å²) in [6.45, 7) is 0.304. The predicted octanol–water partition coefficient (Wildman–Crippen LogP) is 1.86. The molecule has 1 saturated heterocycles. The molecule has 0 spiro atoms. The summed E-state index contributed by atoms with van der Waals surface area (Å²) in [5, 5.41) is 8.56. The van der Waals surface area contributed by atoms with Crippen molar-refractivity contribution in [3.8, 4) is 0 Å². The second kappa shape index (κ2) is 6.44. The molecule has 0 saturated carbocycles. The zero-order valence-corrected chi connectivity index (χ0v) is 8.81. The highest BCUT2D eigenvalue weighted by molar-refractivity contribution is 8.00. The monoisotopic (exact) mass is 202 g/mol. The first-order valence-electron chi connectivity index (χ1n) is 5.06. The summed E-state index contributed by atoms with van der Waals surface area (Å²) in [5.41, 5.74) is 0. The van der Waals surface area contributed by atoms with Crippen molar-refractivity contribution >= 4 is 17.5 Å². The summed E-state index contributed by atoms with van der Waals surface area (Å²) in [7, 11) is 0. The third kappa shape index (κ3) is 4.14. The molecule has 0 aliphatic carbocycles. The molecule has 0 aromatic rings. The van der Waals surface area contributed by atoms with E-state index in [-0.39, 0.29) is 0 Å². The summed E-state index contributed by atoms with van der Waals surface area (Å²) in [5.74, 6) is 2.58. The lowest BCUT2D eigenvalue weighted by Gasteiger charge is -2.05. The first-order chi connectivity index (χ1) is 6.34. The van der Waals surface area contributed by atoms with Crippen molar-refractivity contribution in [2.45, 2.75) is 32.1 Å². The van der Waals surface area contributed by atoms with Crippen molar-refractivity contribution in [3.05, 3.63) is 0 Å². The van der Waals surface area contributed by atoms with Crippen LogP contribution >= 0.6 is 11.8 Å². The van der Waals surface area contributed by atoms with E-state index >= 15 is 0 Å². The topological polar surface area (TPSA) is 37.3 Å². The molecule has 1 aliphatic heterocycles. The Balaban J connectivity index is 1.96. The van der Waals surface area contributed by atoms with Gasteiger partial charge in [0.05, 0.1) is 5.75 Å². The molecule has 1 rings (SSSR count). The molecule has 0 amide bonds. The number of hydrogen-bond donors (Lipinski definition) is 1. The molecule has 13 heavy (non-hydrogen) atoms. The average Bonchev–Trinajstić information content (AvgIpc) is 2.52. The van der Waals surface area contributed by atoms with E-state index in [0.717, 1.165) is 43.6 Å². The third-order valence-corrected chi connectivity index (χ3v) is 3.61. The highest BCUT2D eigenvalue weighted by atomic mass is 32.2. The third-order valence-electron chi connectivity index (χ3n) is 2.48. The molecule has 3 heteroatoms. The Morgan fingerprint density at radius 1 is 1.31 bits per heavy atom. The molecule has 0 aromatic carbocycles. The van der Waals surface area contributed by atoms with Gasteiger partial charge in [-0.25, -0.2) is 0 Å². The smallest absolute Gasteiger partial charge is 0.146 e. The van der Waals surface area contributed by atoms with Crippen molar-refractivity contribution in [3.63, 3.8) is 0 Å². The Kier molecular flexibility index (Phi) is 5.47. The van der Waals surface area contributed by atoms with E-state index in [1.54, 1.807) is 11.8 Å². The molecule has 2 nitrogen and oxygen atoms in total. The molecule has 0 radical (unpaired) electrons. The maximum atomic E-state index is 11.2. The fourth-order valence-electron chi connectivity index (χ4n) is 1.61. The van der Waals surface area contributed by atoms with Gasteiger partial charge in [-0.1, -0.05) is 19.3 Å². The van der Waals surface area contributed by atoms with Gasteiger partial charge in [-0.05, 0) is 12.8 Å². The minimum Gasteiger partial charge on any atom is -0.396 e. The van der Waals surface area contributed by atoms with Crippen LogP contribution in [0, 0.1) is 5.92 Å². The van der Waals surface area contributed by atoms with Crippen LogP contribution in [-0.4, -0.2) is 29.0 Å². The van der Waals surface area contributed by atoms with Gasteiger partial charge in [0.1, 0.15) is 5.78 Å². The van der Waals surface area contributed by atoms with Gasteiger partial charge in [0, 0.05) is 18.3 Å². The van der Waals surface area contributed by atoms with Gasteiger partial charge in [0.2, 0.25) is 0 Å². The summed E-state index contributed by atoms with van der Waals surface area (Å²) < 4.78 is 0. The molecular formula is C10H18O2S. The van der Waals surface area contributed by atoms with Gasteiger partial charge in [0.25, 0.3) is 0 Å². The van der Waals surface area contributed by atoms with Crippen LogP contribution in [0.1, 0.15) is 32.1 Å². The predicted molar refractivity (Wildman–Crippen MR) is 56.0 cm³/mol. The number of unbranched alkanes of at least 4 members (excludes halogenated alkanes) is 3. The molecule has 1 atom stereocenters. The number of carbonyl (C=O) groups excluding carboxylic acids is 1. The number of hydrogen-bond acceptors (Lipinski definition) is 3. The second-order valence-electron chi connectivity index (χ2n) is 3.60. The SMILES string of the molecule is O=C1CSCC1CCCCCCO. The first kappa shape index (κ1) is 11.1. The molecule has 1 aliphatic rings. The normalized spacial score (nSPS) is 22.5. The van der Waals surface area contributed by atoms with Gasteiger partial charge in [-0.15, -0.1) is 0 Å². The molecule has 0 bridgehead atoms. The molecule has 1 heterocycles. The van der Waals surface area contributed by atoms with Crippen molar-refractivity contribution in [2.75, 3.05) is 18.1 Å². The second-order valence-corrected chi connectivity index (χ2v) is 4.64. The van der Waals surface area contributed by atoms with Crippen molar-refractivity contribution in [2.24, 2.45) is 5.92 Å². The molecular weight excluding hydrogens is 184 g/mol. The van der Waals surface area contributed by atoms with Gasteiger partial charge >= 0.3 is 0 Å². The van der Waals surface area contributed by atoms with Crippen molar-refractivity contribution < 1.29 is 9.90 Å². The van der Waals surface area contributed by atoms with Gasteiger partial charge in [0.15, 0.2) is 0 Å².